The summed E-state index contributed by atoms with van der Waals surface area (Å²) < 4.78 is 77.4. The molecule has 47 heavy (non-hydrogen) atoms. The molecule has 0 aliphatic carbocycles. The zero-order valence-electron chi connectivity index (χ0n) is 26.0. The van der Waals surface area contributed by atoms with E-state index in [1.54, 1.807) is 18.2 Å². The average Bonchev–Trinajstić information content (AvgIpc) is 3.13. The van der Waals surface area contributed by atoms with E-state index in [1.165, 1.54) is 35.2 Å². The lowest BCUT2D eigenvalue weighted by Crippen LogP contribution is -2.42. The van der Waals surface area contributed by atoms with Gasteiger partial charge in [0.1, 0.15) is 35.7 Å². The second-order valence-corrected chi connectivity index (χ2v) is 14.7. The van der Waals surface area contributed by atoms with Crippen LogP contribution < -0.4 is 15.0 Å². The standard InChI is InChI=1S/C36H33F3N2O5S/c1-21-7-4-5-8-23(21)16-32(43)41-30-9-6-10-31(42)33(30)40-29-18-36(2,3)20-47(44,45)35(29)34(41)25-13-12-24(17-27(25)38)46-19-22-11-14-26(37)28(39)15-22/h4-15,17,34,40,42H,16,18-20H2,1-3H3. The molecule has 0 bridgehead atoms. The number of nitrogens with one attached hydrogen (secondary N) is 1. The van der Waals surface area contributed by atoms with Crippen LogP contribution in [0.4, 0.5) is 24.5 Å². The SMILES string of the molecule is Cc1ccccc1CC(=O)N1c2cccc(O)c2NC2=C(C1c1ccc(OCc3ccc(F)c(F)c3)cc1F)S(=O)(=O)CC(C)(C)C2. The Balaban J connectivity index is 1.50. The molecule has 1 unspecified atom stereocenters. The Bertz CT molecular complexity index is 2040. The molecule has 2 aliphatic rings. The minimum absolute atomic E-state index is 0.0559. The van der Waals surface area contributed by atoms with Gasteiger partial charge < -0.3 is 15.2 Å². The van der Waals surface area contributed by atoms with Crippen molar-refractivity contribution in [3.63, 3.8) is 0 Å². The van der Waals surface area contributed by atoms with Gasteiger partial charge in [0, 0.05) is 17.3 Å². The highest BCUT2D eigenvalue weighted by molar-refractivity contribution is 7.95. The van der Waals surface area contributed by atoms with Crippen LogP contribution in [0, 0.1) is 29.8 Å². The molecule has 4 aromatic carbocycles. The number of rotatable bonds is 6. The molecule has 6 rings (SSSR count). The van der Waals surface area contributed by atoms with E-state index in [-0.39, 0.29) is 64.2 Å². The first-order valence-electron chi connectivity index (χ1n) is 15.0. The minimum atomic E-state index is -4.09. The number of carbonyl (C=O) groups excluding carboxylic acids is 1. The van der Waals surface area contributed by atoms with Gasteiger partial charge in [0.25, 0.3) is 0 Å². The number of allylic oxidation sites excluding steroid dienone is 1. The van der Waals surface area contributed by atoms with Gasteiger partial charge in [-0.25, -0.2) is 21.6 Å². The van der Waals surface area contributed by atoms with Gasteiger partial charge in [-0.1, -0.05) is 50.2 Å². The molecule has 1 amide bonds. The van der Waals surface area contributed by atoms with Gasteiger partial charge in [-0.15, -0.1) is 0 Å². The number of hydrogen-bond donors (Lipinski definition) is 2. The summed E-state index contributed by atoms with van der Waals surface area (Å²) >= 11 is 0. The number of benzene rings is 4. The first-order chi connectivity index (χ1) is 22.2. The van der Waals surface area contributed by atoms with Crippen molar-refractivity contribution >= 4 is 27.1 Å². The summed E-state index contributed by atoms with van der Waals surface area (Å²) in [6, 6.07) is 17.6. The van der Waals surface area contributed by atoms with E-state index >= 15 is 4.39 Å². The number of phenolic OH excluding ortho intramolecular Hbond substituents is 1. The van der Waals surface area contributed by atoms with Crippen LogP contribution >= 0.6 is 0 Å². The number of halogens is 3. The molecule has 4 aromatic rings. The molecule has 2 aliphatic heterocycles. The summed E-state index contributed by atoms with van der Waals surface area (Å²) in [5.74, 6) is -3.79. The lowest BCUT2D eigenvalue weighted by Gasteiger charge is -2.37. The van der Waals surface area contributed by atoms with Crippen molar-refractivity contribution in [3.05, 3.63) is 129 Å². The monoisotopic (exact) mass is 662 g/mol. The van der Waals surface area contributed by atoms with Crippen molar-refractivity contribution in [1.82, 2.24) is 0 Å². The van der Waals surface area contributed by atoms with Gasteiger partial charge in [0.15, 0.2) is 21.5 Å². The number of para-hydroxylation sites is 1. The fraction of sp³-hybridized carbons (Fsp3) is 0.250. The third-order valence-electron chi connectivity index (χ3n) is 8.46. The Labute approximate surface area is 271 Å². The van der Waals surface area contributed by atoms with E-state index in [2.05, 4.69) is 5.32 Å². The summed E-state index contributed by atoms with van der Waals surface area (Å²) in [5.41, 5.74) is 1.67. The minimum Gasteiger partial charge on any atom is -0.506 e. The predicted octanol–water partition coefficient (Wildman–Crippen LogP) is 7.50. The van der Waals surface area contributed by atoms with Gasteiger partial charge >= 0.3 is 0 Å². The van der Waals surface area contributed by atoms with Gasteiger partial charge in [-0.2, -0.15) is 0 Å². The summed E-state index contributed by atoms with van der Waals surface area (Å²) in [7, 11) is -4.09. The molecule has 0 radical (unpaired) electrons. The van der Waals surface area contributed by atoms with E-state index in [1.807, 2.05) is 32.9 Å². The zero-order chi connectivity index (χ0) is 33.7. The molecule has 2 heterocycles. The number of ether oxygens (including phenoxy) is 1. The fourth-order valence-corrected chi connectivity index (χ4v) is 8.69. The molecule has 7 nitrogen and oxygen atoms in total. The van der Waals surface area contributed by atoms with E-state index in [0.29, 0.717) is 11.1 Å². The van der Waals surface area contributed by atoms with Crippen molar-refractivity contribution in [2.75, 3.05) is 16.0 Å². The van der Waals surface area contributed by atoms with Crippen molar-refractivity contribution in [3.8, 4) is 11.5 Å². The third-order valence-corrected chi connectivity index (χ3v) is 10.8. The number of hydrogen-bond acceptors (Lipinski definition) is 6. The maximum atomic E-state index is 16.3. The average molecular weight is 663 g/mol. The molecule has 1 atom stereocenters. The molecule has 0 aromatic heterocycles. The van der Waals surface area contributed by atoms with Gasteiger partial charge in [-0.3, -0.25) is 9.69 Å². The number of amides is 1. The number of nitrogens with zero attached hydrogens (tertiary/aromatic N) is 1. The largest absolute Gasteiger partial charge is 0.506 e. The maximum absolute atomic E-state index is 16.3. The molecule has 2 N–H and O–H groups in total. The van der Waals surface area contributed by atoms with Crippen LogP contribution in [-0.2, 0) is 27.7 Å². The predicted molar refractivity (Wildman–Crippen MR) is 173 cm³/mol. The number of fused-ring (bicyclic) bond motifs is 1. The normalized spacial score (nSPS) is 18.1. The smallest absolute Gasteiger partial charge is 0.232 e. The fourth-order valence-electron chi connectivity index (χ4n) is 6.33. The lowest BCUT2D eigenvalue weighted by atomic mass is 9.88. The topological polar surface area (TPSA) is 95.9 Å². The molecular formula is C36H33F3N2O5S. The number of anilines is 2. The third kappa shape index (κ3) is 6.32. The number of aryl methyl sites for hydroxylation is 1. The summed E-state index contributed by atoms with van der Waals surface area (Å²) in [6.45, 7) is 5.29. The first-order valence-corrected chi connectivity index (χ1v) is 16.7. The molecular weight excluding hydrogens is 629 g/mol. The Morgan fingerprint density at radius 2 is 1.74 bits per heavy atom. The van der Waals surface area contributed by atoms with Gasteiger partial charge in [0.05, 0.1) is 22.8 Å². The Kier molecular flexibility index (Phi) is 8.29. The second kappa shape index (κ2) is 12.1. The van der Waals surface area contributed by atoms with Crippen molar-refractivity contribution in [1.29, 1.82) is 0 Å². The van der Waals surface area contributed by atoms with Crippen molar-refractivity contribution in [2.24, 2.45) is 5.41 Å². The molecule has 0 fully saturated rings. The highest BCUT2D eigenvalue weighted by atomic mass is 32.2. The van der Waals surface area contributed by atoms with Crippen LogP contribution in [0.15, 0.2) is 89.5 Å². The van der Waals surface area contributed by atoms with Gasteiger partial charge in [0.2, 0.25) is 5.91 Å². The zero-order valence-corrected chi connectivity index (χ0v) is 26.8. The number of phenols is 1. The Morgan fingerprint density at radius 1 is 0.979 bits per heavy atom. The first kappa shape index (κ1) is 32.2. The molecule has 0 saturated carbocycles. The van der Waals surface area contributed by atoms with Crippen LogP contribution in [0.25, 0.3) is 0 Å². The van der Waals surface area contributed by atoms with E-state index in [0.717, 1.165) is 23.8 Å². The van der Waals surface area contributed by atoms with Crippen LogP contribution in [0.2, 0.25) is 0 Å². The molecule has 11 heteroatoms. The number of aromatic hydroxyl groups is 1. The van der Waals surface area contributed by atoms with Crippen molar-refractivity contribution < 1.29 is 36.2 Å². The number of sulfone groups is 1. The van der Waals surface area contributed by atoms with Gasteiger partial charge in [-0.05, 0) is 71.8 Å². The highest BCUT2D eigenvalue weighted by Gasteiger charge is 2.47. The van der Waals surface area contributed by atoms with Crippen molar-refractivity contribution in [2.45, 2.75) is 46.3 Å². The van der Waals surface area contributed by atoms with Crippen LogP contribution in [-0.4, -0.2) is 25.2 Å². The van der Waals surface area contributed by atoms with E-state index in [9.17, 15) is 27.1 Å². The lowest BCUT2D eigenvalue weighted by molar-refractivity contribution is -0.118. The number of carbonyl (C=O) groups is 1. The van der Waals surface area contributed by atoms with E-state index < -0.39 is 44.7 Å². The Morgan fingerprint density at radius 3 is 2.47 bits per heavy atom. The highest BCUT2D eigenvalue weighted by Crippen LogP contribution is 2.51. The summed E-state index contributed by atoms with van der Waals surface area (Å²) in [5, 5.41) is 14.1. The van der Waals surface area contributed by atoms with Crippen LogP contribution in [0.3, 0.4) is 0 Å². The van der Waals surface area contributed by atoms with E-state index in [4.69, 9.17) is 4.74 Å². The molecule has 0 spiro atoms. The maximum Gasteiger partial charge on any atom is 0.232 e. The second-order valence-electron chi connectivity index (χ2n) is 12.7. The van der Waals surface area contributed by atoms with Crippen LogP contribution in [0.5, 0.6) is 11.5 Å². The molecule has 244 valence electrons. The quantitative estimate of drug-likeness (QED) is 0.208. The molecule has 0 saturated heterocycles. The Hall–Kier alpha value is -4.77. The van der Waals surface area contributed by atoms with Crippen LogP contribution in [0.1, 0.15) is 48.6 Å². The summed E-state index contributed by atoms with van der Waals surface area (Å²) in [6.07, 6.45) is 0.131. The summed E-state index contributed by atoms with van der Waals surface area (Å²) in [4.78, 5) is 15.5.